The number of anilines is 1. The molecule has 1 amide bonds. The van der Waals surface area contributed by atoms with Gasteiger partial charge in [0, 0.05) is 18.5 Å². The molecule has 12 heteroatoms. The fraction of sp³-hybridized carbons (Fsp3) is 0.316. The Balaban J connectivity index is 2.17. The molecule has 0 radical (unpaired) electrons. The van der Waals surface area contributed by atoms with E-state index in [1.165, 1.54) is 0 Å². The van der Waals surface area contributed by atoms with Crippen molar-refractivity contribution in [2.45, 2.75) is 38.6 Å². The Morgan fingerprint density at radius 3 is 2.65 bits per heavy atom. The first kappa shape index (κ1) is 23.6. The molecule has 31 heavy (non-hydrogen) atoms. The van der Waals surface area contributed by atoms with Crippen LogP contribution in [0.2, 0.25) is 0 Å². The van der Waals surface area contributed by atoms with Crippen molar-refractivity contribution in [3.63, 3.8) is 0 Å². The van der Waals surface area contributed by atoms with Gasteiger partial charge in [-0.2, -0.15) is 5.26 Å². The van der Waals surface area contributed by atoms with Crippen molar-refractivity contribution in [3.8, 4) is 6.07 Å². The number of nitrogens with zero attached hydrogens (tertiary/aromatic N) is 4. The largest absolute Gasteiger partial charge is 0.481 e. The molecular formula is C19H20N6O5S. The van der Waals surface area contributed by atoms with E-state index < -0.39 is 23.9 Å². The van der Waals surface area contributed by atoms with Crippen LogP contribution in [0.4, 0.5) is 16.5 Å². The van der Waals surface area contributed by atoms with Gasteiger partial charge in [-0.15, -0.1) is 10.2 Å². The number of amides is 1. The molecule has 162 valence electrons. The summed E-state index contributed by atoms with van der Waals surface area (Å²) in [5.41, 5.74) is 7.29. The van der Waals surface area contributed by atoms with Gasteiger partial charge < -0.3 is 21.3 Å². The van der Waals surface area contributed by atoms with Crippen LogP contribution in [0.1, 0.15) is 35.4 Å². The molecule has 0 bridgehead atoms. The van der Waals surface area contributed by atoms with Crippen LogP contribution in [0.15, 0.2) is 28.4 Å². The van der Waals surface area contributed by atoms with E-state index in [4.69, 9.17) is 21.2 Å². The van der Waals surface area contributed by atoms with Crippen LogP contribution in [0.25, 0.3) is 0 Å². The summed E-state index contributed by atoms with van der Waals surface area (Å²) in [6, 6.07) is 5.62. The van der Waals surface area contributed by atoms with E-state index in [1.807, 2.05) is 6.07 Å². The van der Waals surface area contributed by atoms with Crippen molar-refractivity contribution in [2.75, 3.05) is 5.32 Å². The molecule has 11 nitrogen and oxygen atoms in total. The minimum Gasteiger partial charge on any atom is -0.481 e. The summed E-state index contributed by atoms with van der Waals surface area (Å²) in [5, 5.41) is 37.8. The molecule has 2 aromatic rings. The van der Waals surface area contributed by atoms with Crippen LogP contribution in [-0.2, 0) is 20.8 Å². The van der Waals surface area contributed by atoms with Gasteiger partial charge in [-0.05, 0) is 43.5 Å². The molecule has 0 aliphatic rings. The third kappa shape index (κ3) is 7.25. The number of hydrogen-bond donors (Lipinski definition) is 4. The van der Waals surface area contributed by atoms with Gasteiger partial charge in [0.1, 0.15) is 17.0 Å². The van der Waals surface area contributed by atoms with E-state index in [9.17, 15) is 14.4 Å². The quantitative estimate of drug-likeness (QED) is 0.402. The summed E-state index contributed by atoms with van der Waals surface area (Å²) in [7, 11) is 0. The average molecular weight is 444 g/mol. The van der Waals surface area contributed by atoms with Gasteiger partial charge in [-0.1, -0.05) is 11.3 Å². The fourth-order valence-electron chi connectivity index (χ4n) is 2.46. The molecule has 1 unspecified atom stereocenters. The maximum absolute atomic E-state index is 12.0. The van der Waals surface area contributed by atoms with Crippen molar-refractivity contribution < 1.29 is 24.6 Å². The first-order valence-corrected chi connectivity index (χ1v) is 9.93. The maximum Gasteiger partial charge on any atom is 0.320 e. The monoisotopic (exact) mass is 444 g/mol. The highest BCUT2D eigenvalue weighted by Crippen LogP contribution is 2.29. The molecule has 0 fully saturated rings. The predicted molar refractivity (Wildman–Crippen MR) is 112 cm³/mol. The second kappa shape index (κ2) is 10.9. The minimum absolute atomic E-state index is 0.0166. The number of aliphatic carboxylic acids is 2. The van der Waals surface area contributed by atoms with Crippen LogP contribution < -0.4 is 11.1 Å². The van der Waals surface area contributed by atoms with Crippen LogP contribution in [0.3, 0.4) is 0 Å². The van der Waals surface area contributed by atoms with Gasteiger partial charge in [0.25, 0.3) is 0 Å². The van der Waals surface area contributed by atoms with E-state index in [-0.39, 0.29) is 25.7 Å². The van der Waals surface area contributed by atoms with E-state index in [2.05, 4.69) is 20.5 Å². The molecule has 1 heterocycles. The number of carboxylic acids is 2. The Hall–Kier alpha value is -3.69. The summed E-state index contributed by atoms with van der Waals surface area (Å²) >= 11 is 1.09. The second-order valence-electron chi connectivity index (χ2n) is 6.49. The summed E-state index contributed by atoms with van der Waals surface area (Å²) in [6.07, 6.45) is -0.0960. The number of nitriles is 1. The molecule has 0 aliphatic heterocycles. The number of nitrogens with two attached hydrogens (primary N) is 1. The highest BCUT2D eigenvalue weighted by atomic mass is 32.1. The van der Waals surface area contributed by atoms with Gasteiger partial charge in [-0.25, -0.2) is 4.98 Å². The zero-order chi connectivity index (χ0) is 23.0. The lowest BCUT2D eigenvalue weighted by atomic mass is 10.1. The Labute approximate surface area is 181 Å². The summed E-state index contributed by atoms with van der Waals surface area (Å²) in [4.78, 5) is 38.3. The number of benzene rings is 1. The number of aromatic nitrogens is 1. The molecule has 1 atom stereocenters. The third-order valence-electron chi connectivity index (χ3n) is 4.10. The lowest BCUT2D eigenvalue weighted by molar-refractivity contribution is -0.139. The van der Waals surface area contributed by atoms with Crippen molar-refractivity contribution in [1.82, 2.24) is 4.98 Å². The van der Waals surface area contributed by atoms with Gasteiger partial charge in [0.2, 0.25) is 11.0 Å². The number of nitrogens with one attached hydrogen (secondary N) is 1. The number of carbonyl (C=O) groups excluding carboxylic acids is 1. The van der Waals surface area contributed by atoms with Crippen molar-refractivity contribution in [3.05, 3.63) is 34.3 Å². The molecule has 0 aliphatic carbocycles. The molecule has 5 N–H and O–H groups in total. The third-order valence-corrected chi connectivity index (χ3v) is 5.05. The minimum atomic E-state index is -1.18. The SMILES string of the molecule is Cc1nc(/N=N/c2ccc(NC(=O)CCC(N)C(=O)O)cc2CCC(=O)O)sc1C#N. The summed E-state index contributed by atoms with van der Waals surface area (Å²) < 4.78 is 0. The highest BCUT2D eigenvalue weighted by molar-refractivity contribution is 7.15. The van der Waals surface area contributed by atoms with Crippen LogP contribution >= 0.6 is 11.3 Å². The Kier molecular flexibility index (Phi) is 8.30. The topological polar surface area (TPSA) is 191 Å². The first-order chi connectivity index (χ1) is 14.7. The molecule has 1 aromatic carbocycles. The van der Waals surface area contributed by atoms with E-state index >= 15 is 0 Å². The number of azo groups is 1. The summed E-state index contributed by atoms with van der Waals surface area (Å²) in [5.74, 6) is -2.59. The Bertz CT molecular complexity index is 1060. The number of carboxylic acid groups (broad SMARTS) is 2. The highest BCUT2D eigenvalue weighted by Gasteiger charge is 2.14. The molecular weight excluding hydrogens is 424 g/mol. The molecule has 0 saturated heterocycles. The second-order valence-corrected chi connectivity index (χ2v) is 7.47. The number of carbonyl (C=O) groups is 3. The number of aryl methyl sites for hydroxylation is 2. The fourth-order valence-corrected chi connectivity index (χ4v) is 3.15. The van der Waals surface area contributed by atoms with Gasteiger partial charge in [0.05, 0.1) is 11.4 Å². The van der Waals surface area contributed by atoms with Gasteiger partial charge in [0.15, 0.2) is 0 Å². The van der Waals surface area contributed by atoms with Crippen LogP contribution in [-0.4, -0.2) is 39.1 Å². The van der Waals surface area contributed by atoms with Gasteiger partial charge in [-0.3, -0.25) is 14.4 Å². The van der Waals surface area contributed by atoms with Crippen molar-refractivity contribution in [2.24, 2.45) is 16.0 Å². The standard InChI is InChI=1S/C19H20N6O5S/c1-10-15(9-20)31-19(22-10)25-24-14-5-3-12(8-11(14)2-7-17(27)28)23-16(26)6-4-13(21)18(29)30/h3,5,8,13H,2,4,6-7,21H2,1H3,(H,23,26)(H,27,28)(H,29,30)/b25-24+. The van der Waals surface area contributed by atoms with Crippen molar-refractivity contribution >= 4 is 45.7 Å². The van der Waals surface area contributed by atoms with E-state index in [0.29, 0.717) is 32.6 Å². The number of hydrogen-bond acceptors (Lipinski definition) is 9. The lowest BCUT2D eigenvalue weighted by Gasteiger charge is -2.10. The zero-order valence-corrected chi connectivity index (χ0v) is 17.3. The predicted octanol–water partition coefficient (Wildman–Crippen LogP) is 2.89. The molecule has 2 rings (SSSR count). The molecule has 0 saturated carbocycles. The van der Waals surface area contributed by atoms with E-state index in [0.717, 1.165) is 11.3 Å². The summed E-state index contributed by atoms with van der Waals surface area (Å²) in [6.45, 7) is 1.69. The number of thiazole rings is 1. The normalized spacial score (nSPS) is 11.8. The molecule has 0 spiro atoms. The maximum atomic E-state index is 12.0. The Morgan fingerprint density at radius 2 is 2.03 bits per heavy atom. The smallest absolute Gasteiger partial charge is 0.320 e. The average Bonchev–Trinajstić information content (AvgIpc) is 3.09. The van der Waals surface area contributed by atoms with Crippen LogP contribution in [0.5, 0.6) is 0 Å². The van der Waals surface area contributed by atoms with Gasteiger partial charge >= 0.3 is 11.9 Å². The van der Waals surface area contributed by atoms with Crippen molar-refractivity contribution in [1.29, 1.82) is 5.26 Å². The van der Waals surface area contributed by atoms with E-state index in [1.54, 1.807) is 25.1 Å². The Morgan fingerprint density at radius 1 is 1.29 bits per heavy atom. The first-order valence-electron chi connectivity index (χ1n) is 9.11. The molecule has 1 aromatic heterocycles. The number of rotatable bonds is 10. The lowest BCUT2D eigenvalue weighted by Crippen LogP contribution is -2.31. The zero-order valence-electron chi connectivity index (χ0n) is 16.5. The van der Waals surface area contributed by atoms with Crippen LogP contribution in [0, 0.1) is 18.3 Å².